The Bertz CT molecular complexity index is 515. The maximum Gasteiger partial charge on any atom is 0.305 e. The third-order valence-electron chi connectivity index (χ3n) is 3.80. The first-order chi connectivity index (χ1) is 12.7. The Kier molecular flexibility index (Phi) is 11.7. The first-order valence-electron chi connectivity index (χ1n) is 9.35. The molecule has 1 aromatic carbocycles. The van der Waals surface area contributed by atoms with E-state index in [0.717, 1.165) is 37.2 Å². The van der Waals surface area contributed by atoms with Crippen molar-refractivity contribution < 1.29 is 23.8 Å². The molecule has 0 aromatic heterocycles. The number of amides is 1. The van der Waals surface area contributed by atoms with Gasteiger partial charge in [0, 0.05) is 12.8 Å². The Morgan fingerprint density at radius 2 is 1.65 bits per heavy atom. The van der Waals surface area contributed by atoms with E-state index in [0.29, 0.717) is 32.4 Å². The van der Waals surface area contributed by atoms with E-state index in [9.17, 15) is 9.59 Å². The van der Waals surface area contributed by atoms with Crippen molar-refractivity contribution in [3.63, 3.8) is 0 Å². The van der Waals surface area contributed by atoms with Crippen LogP contribution in [0, 0.1) is 0 Å². The number of esters is 1. The zero-order valence-corrected chi connectivity index (χ0v) is 15.9. The molecule has 0 fully saturated rings. The molecule has 6 heteroatoms. The fraction of sp³-hybridized carbons (Fsp3) is 0.600. The minimum absolute atomic E-state index is 0.0186. The molecule has 0 radical (unpaired) electrons. The number of carbonyl (C=O) groups excluding carboxylic acids is 2. The summed E-state index contributed by atoms with van der Waals surface area (Å²) < 4.78 is 15.7. The quantitative estimate of drug-likeness (QED) is 0.404. The van der Waals surface area contributed by atoms with Crippen LogP contribution in [0.1, 0.15) is 51.9 Å². The van der Waals surface area contributed by atoms with Gasteiger partial charge in [-0.3, -0.25) is 9.59 Å². The lowest BCUT2D eigenvalue weighted by Crippen LogP contribution is -2.27. The molecule has 1 rings (SSSR count). The van der Waals surface area contributed by atoms with Crippen LogP contribution in [0.15, 0.2) is 24.3 Å². The van der Waals surface area contributed by atoms with Gasteiger partial charge in [0.1, 0.15) is 18.1 Å². The summed E-state index contributed by atoms with van der Waals surface area (Å²) in [5.41, 5.74) is 0. The van der Waals surface area contributed by atoms with E-state index in [4.69, 9.17) is 14.2 Å². The summed E-state index contributed by atoms with van der Waals surface area (Å²) in [7, 11) is 1.61. The molecule has 0 aliphatic heterocycles. The van der Waals surface area contributed by atoms with Crippen molar-refractivity contribution >= 4 is 11.9 Å². The Hall–Kier alpha value is -2.24. The van der Waals surface area contributed by atoms with Gasteiger partial charge in [-0.05, 0) is 37.1 Å². The zero-order valence-electron chi connectivity index (χ0n) is 15.9. The van der Waals surface area contributed by atoms with Crippen LogP contribution >= 0.6 is 0 Å². The Labute approximate surface area is 156 Å². The molecule has 0 aliphatic carbocycles. The summed E-state index contributed by atoms with van der Waals surface area (Å²) >= 11 is 0. The lowest BCUT2D eigenvalue weighted by Gasteiger charge is -2.08. The van der Waals surface area contributed by atoms with Crippen molar-refractivity contribution in [3.05, 3.63) is 24.3 Å². The number of unbranched alkanes of at least 4 members (excludes halogenated alkanes) is 3. The minimum atomic E-state index is -0.277. The number of carbonyl (C=O) groups is 2. The predicted molar refractivity (Wildman–Crippen MR) is 100 cm³/mol. The second kappa shape index (κ2) is 14.0. The van der Waals surface area contributed by atoms with E-state index in [1.807, 2.05) is 24.3 Å². The maximum atomic E-state index is 11.6. The summed E-state index contributed by atoms with van der Waals surface area (Å²) in [5, 5.41) is 2.76. The third kappa shape index (κ3) is 10.6. The van der Waals surface area contributed by atoms with Crippen LogP contribution < -0.4 is 14.8 Å². The first-order valence-corrected chi connectivity index (χ1v) is 9.35. The van der Waals surface area contributed by atoms with Gasteiger partial charge in [0.15, 0.2) is 0 Å². The van der Waals surface area contributed by atoms with Crippen LogP contribution in [-0.4, -0.2) is 38.7 Å². The standard InChI is InChI=1S/C20H31NO5/c1-3-4-5-6-8-19(22)21-14-16-26-20(23)9-7-15-25-18-12-10-17(24-2)11-13-18/h10-13H,3-9,14-16H2,1-2H3,(H,21,22). The molecule has 0 unspecified atom stereocenters. The van der Waals surface area contributed by atoms with Gasteiger partial charge in [0.05, 0.1) is 20.3 Å². The SMILES string of the molecule is CCCCCCC(=O)NCCOC(=O)CCCOc1ccc(OC)cc1. The van der Waals surface area contributed by atoms with Crippen molar-refractivity contribution in [1.82, 2.24) is 5.32 Å². The van der Waals surface area contributed by atoms with E-state index >= 15 is 0 Å². The summed E-state index contributed by atoms with van der Waals surface area (Å²) in [5.74, 6) is 1.25. The van der Waals surface area contributed by atoms with Crippen molar-refractivity contribution in [2.45, 2.75) is 51.9 Å². The molecule has 0 atom stereocenters. The van der Waals surface area contributed by atoms with Gasteiger partial charge in [-0.15, -0.1) is 0 Å². The number of hydrogen-bond acceptors (Lipinski definition) is 5. The van der Waals surface area contributed by atoms with Crippen molar-refractivity contribution in [1.29, 1.82) is 0 Å². The fourth-order valence-electron chi connectivity index (χ4n) is 2.31. The lowest BCUT2D eigenvalue weighted by molar-refractivity contribution is -0.144. The predicted octanol–water partition coefficient (Wildman–Crippen LogP) is 3.48. The average molecular weight is 365 g/mol. The zero-order chi connectivity index (χ0) is 19.0. The van der Waals surface area contributed by atoms with Gasteiger partial charge in [-0.25, -0.2) is 0 Å². The molecule has 1 N–H and O–H groups in total. The van der Waals surface area contributed by atoms with E-state index < -0.39 is 0 Å². The second-order valence-corrected chi connectivity index (χ2v) is 6.01. The molecule has 26 heavy (non-hydrogen) atoms. The molecule has 0 aliphatic rings. The molecule has 1 amide bonds. The fourth-order valence-corrected chi connectivity index (χ4v) is 2.31. The number of ether oxygens (including phenoxy) is 3. The van der Waals surface area contributed by atoms with Crippen LogP contribution in [0.25, 0.3) is 0 Å². The topological polar surface area (TPSA) is 73.9 Å². The molecular formula is C20H31NO5. The number of hydrogen-bond donors (Lipinski definition) is 1. The molecule has 146 valence electrons. The monoisotopic (exact) mass is 365 g/mol. The van der Waals surface area contributed by atoms with Gasteiger partial charge in [0.25, 0.3) is 0 Å². The summed E-state index contributed by atoms with van der Waals surface area (Å²) in [6.45, 7) is 3.15. The van der Waals surface area contributed by atoms with Crippen LogP contribution in [0.5, 0.6) is 11.5 Å². The summed E-state index contributed by atoms with van der Waals surface area (Å²) in [6.07, 6.45) is 5.72. The van der Waals surface area contributed by atoms with Crippen LogP contribution in [0.2, 0.25) is 0 Å². The van der Waals surface area contributed by atoms with Crippen LogP contribution in [0.3, 0.4) is 0 Å². The van der Waals surface area contributed by atoms with Crippen LogP contribution in [0.4, 0.5) is 0 Å². The Morgan fingerprint density at radius 3 is 2.35 bits per heavy atom. The number of rotatable bonds is 14. The second-order valence-electron chi connectivity index (χ2n) is 6.01. The molecular weight excluding hydrogens is 334 g/mol. The van der Waals surface area contributed by atoms with E-state index in [1.54, 1.807) is 7.11 Å². The van der Waals surface area contributed by atoms with E-state index in [1.165, 1.54) is 0 Å². The molecule has 0 spiro atoms. The van der Waals surface area contributed by atoms with Gasteiger partial charge >= 0.3 is 5.97 Å². The molecule has 0 saturated heterocycles. The van der Waals surface area contributed by atoms with Crippen molar-refractivity contribution in [2.75, 3.05) is 26.9 Å². The summed E-state index contributed by atoms with van der Waals surface area (Å²) in [6, 6.07) is 7.29. The Balaban J connectivity index is 1.98. The highest BCUT2D eigenvalue weighted by Crippen LogP contribution is 2.17. The highest BCUT2D eigenvalue weighted by Gasteiger charge is 2.05. The number of nitrogens with one attached hydrogen (secondary N) is 1. The molecule has 6 nitrogen and oxygen atoms in total. The lowest BCUT2D eigenvalue weighted by atomic mass is 10.1. The molecule has 1 aromatic rings. The van der Waals surface area contributed by atoms with Gasteiger partial charge in [-0.2, -0.15) is 0 Å². The molecule has 0 saturated carbocycles. The normalized spacial score (nSPS) is 10.2. The highest BCUT2D eigenvalue weighted by molar-refractivity contribution is 5.75. The number of benzene rings is 1. The van der Waals surface area contributed by atoms with Crippen LogP contribution in [-0.2, 0) is 14.3 Å². The molecule has 0 heterocycles. The molecule has 0 bridgehead atoms. The maximum absolute atomic E-state index is 11.6. The van der Waals surface area contributed by atoms with Gasteiger partial charge in [-0.1, -0.05) is 26.2 Å². The van der Waals surface area contributed by atoms with Gasteiger partial charge in [0.2, 0.25) is 5.91 Å². The summed E-state index contributed by atoms with van der Waals surface area (Å²) in [4.78, 5) is 23.2. The van der Waals surface area contributed by atoms with Crippen molar-refractivity contribution in [3.8, 4) is 11.5 Å². The Morgan fingerprint density at radius 1 is 0.923 bits per heavy atom. The highest BCUT2D eigenvalue weighted by atomic mass is 16.5. The van der Waals surface area contributed by atoms with E-state index in [-0.39, 0.29) is 18.5 Å². The van der Waals surface area contributed by atoms with E-state index in [2.05, 4.69) is 12.2 Å². The third-order valence-corrected chi connectivity index (χ3v) is 3.80. The minimum Gasteiger partial charge on any atom is -0.497 e. The average Bonchev–Trinajstić information content (AvgIpc) is 2.66. The first kappa shape index (κ1) is 21.8. The van der Waals surface area contributed by atoms with Crippen molar-refractivity contribution in [2.24, 2.45) is 0 Å². The number of methoxy groups -OCH3 is 1. The smallest absolute Gasteiger partial charge is 0.305 e. The van der Waals surface area contributed by atoms with Gasteiger partial charge < -0.3 is 19.5 Å². The largest absolute Gasteiger partial charge is 0.497 e.